The van der Waals surface area contributed by atoms with Gasteiger partial charge in [0.05, 0.1) is 22.2 Å². The van der Waals surface area contributed by atoms with Crippen molar-refractivity contribution in [2.24, 2.45) is 0 Å². The maximum absolute atomic E-state index is 12.6. The van der Waals surface area contributed by atoms with Crippen LogP contribution in [0.3, 0.4) is 0 Å². The molecule has 10 nitrogen and oxygen atoms in total. The zero-order valence-corrected chi connectivity index (χ0v) is 18.1. The van der Waals surface area contributed by atoms with Gasteiger partial charge in [-0.15, -0.1) is 11.3 Å². The van der Waals surface area contributed by atoms with Gasteiger partial charge in [0.25, 0.3) is 5.69 Å². The highest BCUT2D eigenvalue weighted by atomic mass is 32.1. The summed E-state index contributed by atoms with van der Waals surface area (Å²) in [4.78, 5) is 38.9. The van der Waals surface area contributed by atoms with Crippen molar-refractivity contribution < 1.29 is 27.7 Å². The van der Waals surface area contributed by atoms with E-state index in [0.717, 1.165) is 11.3 Å². The van der Waals surface area contributed by atoms with Crippen molar-refractivity contribution >= 4 is 39.2 Å². The first-order chi connectivity index (χ1) is 16.3. The van der Waals surface area contributed by atoms with Gasteiger partial charge in [-0.2, -0.15) is 8.78 Å². The lowest BCUT2D eigenvalue weighted by Gasteiger charge is -2.08. The number of anilines is 1. The van der Waals surface area contributed by atoms with E-state index in [2.05, 4.69) is 15.0 Å². The van der Waals surface area contributed by atoms with E-state index in [9.17, 15) is 28.5 Å². The van der Waals surface area contributed by atoms with Crippen LogP contribution in [-0.2, 0) is 11.3 Å². The number of amides is 1. The molecule has 4 rings (SSSR count). The van der Waals surface area contributed by atoms with E-state index in [1.165, 1.54) is 28.8 Å². The van der Waals surface area contributed by atoms with Crippen LogP contribution in [0.2, 0.25) is 0 Å². The van der Waals surface area contributed by atoms with E-state index in [4.69, 9.17) is 4.42 Å². The van der Waals surface area contributed by atoms with E-state index in [0.29, 0.717) is 23.2 Å². The Bertz CT molecular complexity index is 1410. The Morgan fingerprint density at radius 2 is 2.09 bits per heavy atom. The molecule has 2 aromatic heterocycles. The zero-order valence-electron chi connectivity index (χ0n) is 17.3. The molecule has 34 heavy (non-hydrogen) atoms. The van der Waals surface area contributed by atoms with Gasteiger partial charge < -0.3 is 14.5 Å². The smallest absolute Gasteiger partial charge is 0.419 e. The molecule has 0 saturated heterocycles. The summed E-state index contributed by atoms with van der Waals surface area (Å²) in [5.41, 5.74) is 1.03. The Morgan fingerprint density at radius 3 is 2.85 bits per heavy atom. The van der Waals surface area contributed by atoms with Crippen molar-refractivity contribution in [1.82, 2.24) is 9.55 Å². The number of fused-ring (bicyclic) bond motifs is 1. The van der Waals surface area contributed by atoms with Crippen LogP contribution < -0.4 is 15.8 Å². The molecule has 0 bridgehead atoms. The summed E-state index contributed by atoms with van der Waals surface area (Å²) in [6.07, 6.45) is 0.354. The van der Waals surface area contributed by atoms with Crippen LogP contribution in [0.5, 0.6) is 5.75 Å². The Kier molecular flexibility index (Phi) is 6.63. The minimum Gasteiger partial charge on any atom is -0.434 e. The molecule has 0 spiro atoms. The van der Waals surface area contributed by atoms with Crippen molar-refractivity contribution in [3.05, 3.63) is 68.5 Å². The first-order valence-corrected chi connectivity index (χ1v) is 10.8. The van der Waals surface area contributed by atoms with Crippen LogP contribution in [0.25, 0.3) is 22.4 Å². The van der Waals surface area contributed by atoms with Crippen LogP contribution >= 0.6 is 11.3 Å². The summed E-state index contributed by atoms with van der Waals surface area (Å²) in [5, 5.41) is 15.4. The number of ether oxygens (including phenoxy) is 1. The molecule has 4 aromatic rings. The fraction of sp³-hybridized carbons (Fsp3) is 0.190. The predicted molar refractivity (Wildman–Crippen MR) is 119 cm³/mol. The van der Waals surface area contributed by atoms with E-state index < -0.39 is 17.3 Å². The third kappa shape index (κ3) is 5.09. The first kappa shape index (κ1) is 23.0. The van der Waals surface area contributed by atoms with E-state index in [1.807, 2.05) is 0 Å². The third-order valence-corrected chi connectivity index (χ3v) is 5.54. The van der Waals surface area contributed by atoms with Gasteiger partial charge in [0, 0.05) is 30.0 Å². The monoisotopic (exact) mass is 490 g/mol. The molecular formula is C21H16F2N4O6S. The van der Waals surface area contributed by atoms with Gasteiger partial charge in [-0.1, -0.05) is 12.1 Å². The molecule has 2 aromatic carbocycles. The number of carbonyl (C=O) groups excluding carboxylic acids is 1. The number of benzene rings is 2. The second-order valence-corrected chi connectivity index (χ2v) is 7.85. The number of nitro groups is 1. The summed E-state index contributed by atoms with van der Waals surface area (Å²) in [6.45, 7) is -2.81. The minimum atomic E-state index is -2.98. The molecule has 0 aliphatic heterocycles. The van der Waals surface area contributed by atoms with Crippen LogP contribution in [0.15, 0.2) is 57.1 Å². The largest absolute Gasteiger partial charge is 0.434 e. The van der Waals surface area contributed by atoms with E-state index >= 15 is 0 Å². The van der Waals surface area contributed by atoms with Crippen molar-refractivity contribution in [3.63, 3.8) is 0 Å². The highest BCUT2D eigenvalue weighted by molar-refractivity contribution is 7.14. The molecule has 0 aliphatic rings. The van der Waals surface area contributed by atoms with Crippen molar-refractivity contribution in [3.8, 4) is 17.0 Å². The van der Waals surface area contributed by atoms with Gasteiger partial charge in [-0.05, 0) is 24.6 Å². The quantitative estimate of drug-likeness (QED) is 0.267. The second-order valence-electron chi connectivity index (χ2n) is 6.99. The number of halogens is 2. The van der Waals surface area contributed by atoms with Gasteiger partial charge >= 0.3 is 12.4 Å². The number of para-hydroxylation sites is 1. The average molecular weight is 490 g/mol. The summed E-state index contributed by atoms with van der Waals surface area (Å²) >= 11 is 1.13. The topological polar surface area (TPSA) is 130 Å². The molecule has 0 fully saturated rings. The Labute approximate surface area is 193 Å². The molecule has 13 heteroatoms. The summed E-state index contributed by atoms with van der Waals surface area (Å²) < 4.78 is 36.1. The van der Waals surface area contributed by atoms with Gasteiger partial charge in [0.15, 0.2) is 10.7 Å². The third-order valence-electron chi connectivity index (χ3n) is 4.78. The SMILES string of the molecule is O=C(CCCn1c(=O)oc2cc([N+](=O)[O-])ccc21)Nc1nc(-c2ccccc2OC(F)F)cs1. The van der Waals surface area contributed by atoms with Crippen molar-refractivity contribution in [2.45, 2.75) is 26.0 Å². The number of hydrogen-bond acceptors (Lipinski definition) is 8. The maximum Gasteiger partial charge on any atom is 0.419 e. The number of nitrogens with zero attached hydrogens (tertiary/aromatic N) is 3. The minimum absolute atomic E-state index is 0.0243. The molecule has 0 atom stereocenters. The number of alkyl halides is 2. The number of rotatable bonds is 9. The van der Waals surface area contributed by atoms with Crippen LogP contribution in [0.1, 0.15) is 12.8 Å². The fourth-order valence-electron chi connectivity index (χ4n) is 3.29. The number of nitro benzene ring substituents is 1. The number of aryl methyl sites for hydroxylation is 1. The lowest BCUT2D eigenvalue weighted by Crippen LogP contribution is -2.17. The standard InChI is InChI=1S/C21H16F2N4O6S/c22-19(23)32-16-5-2-1-4-13(16)14-11-34-20(24-14)25-18(28)6-3-9-26-15-8-7-12(27(30)31)10-17(15)33-21(26)29/h1-2,4-5,7-8,10-11,19H,3,6,9H2,(H,24,25,28). The summed E-state index contributed by atoms with van der Waals surface area (Å²) in [7, 11) is 0. The average Bonchev–Trinajstić information content (AvgIpc) is 3.37. The second kappa shape index (κ2) is 9.79. The number of nitrogens with one attached hydrogen (secondary N) is 1. The highest BCUT2D eigenvalue weighted by Crippen LogP contribution is 2.33. The zero-order chi connectivity index (χ0) is 24.2. The molecular weight excluding hydrogens is 474 g/mol. The molecule has 0 saturated carbocycles. The van der Waals surface area contributed by atoms with Crippen LogP contribution in [-0.4, -0.2) is 27.0 Å². The Hall–Kier alpha value is -4.13. The number of hydrogen-bond donors (Lipinski definition) is 1. The molecule has 1 N–H and O–H groups in total. The highest BCUT2D eigenvalue weighted by Gasteiger charge is 2.16. The molecule has 2 heterocycles. The van der Waals surface area contributed by atoms with E-state index in [1.54, 1.807) is 23.6 Å². The summed E-state index contributed by atoms with van der Waals surface area (Å²) in [6, 6.07) is 10.1. The van der Waals surface area contributed by atoms with Crippen molar-refractivity contribution in [1.29, 1.82) is 0 Å². The van der Waals surface area contributed by atoms with Gasteiger partial charge in [-0.3, -0.25) is 19.5 Å². The molecule has 0 radical (unpaired) electrons. The number of carbonyl (C=O) groups is 1. The number of non-ortho nitro benzene ring substituents is 1. The van der Waals surface area contributed by atoms with Gasteiger partial charge in [0.2, 0.25) is 5.91 Å². The number of aromatic nitrogens is 2. The van der Waals surface area contributed by atoms with E-state index in [-0.39, 0.29) is 41.0 Å². The lowest BCUT2D eigenvalue weighted by molar-refractivity contribution is -0.384. The maximum atomic E-state index is 12.6. The van der Waals surface area contributed by atoms with Crippen LogP contribution in [0, 0.1) is 10.1 Å². The molecule has 0 aliphatic carbocycles. The Balaban J connectivity index is 1.37. The number of thiazole rings is 1. The first-order valence-electron chi connectivity index (χ1n) is 9.89. The predicted octanol–water partition coefficient (Wildman–Crippen LogP) is 4.65. The normalized spacial score (nSPS) is 11.1. The molecule has 0 unspecified atom stereocenters. The fourth-order valence-corrected chi connectivity index (χ4v) is 4.02. The number of oxazole rings is 1. The van der Waals surface area contributed by atoms with Crippen molar-refractivity contribution in [2.75, 3.05) is 5.32 Å². The van der Waals surface area contributed by atoms with Gasteiger partial charge in [-0.25, -0.2) is 9.78 Å². The van der Waals surface area contributed by atoms with Gasteiger partial charge in [0.1, 0.15) is 5.75 Å². The lowest BCUT2D eigenvalue weighted by atomic mass is 10.1. The van der Waals surface area contributed by atoms with Crippen LogP contribution in [0.4, 0.5) is 19.6 Å². The molecule has 1 amide bonds. The Morgan fingerprint density at radius 1 is 1.29 bits per heavy atom. The molecule has 176 valence electrons. The summed E-state index contributed by atoms with van der Waals surface area (Å²) in [5.74, 6) is -1.05.